The molecule has 0 aliphatic carbocycles. The smallest absolute Gasteiger partial charge is 0.240 e. The summed E-state index contributed by atoms with van der Waals surface area (Å²) in [6.07, 6.45) is 1.65. The third kappa shape index (κ3) is 4.30. The number of aryl methyl sites for hydroxylation is 2. The predicted octanol–water partition coefficient (Wildman–Crippen LogP) is 2.05. The Kier molecular flexibility index (Phi) is 3.55. The van der Waals surface area contributed by atoms with Gasteiger partial charge in [0.25, 0.3) is 0 Å². The molecule has 0 saturated carbocycles. The van der Waals surface area contributed by atoms with Gasteiger partial charge in [-0.25, -0.2) is 9.13 Å². The molecule has 0 saturated heterocycles. The maximum absolute atomic E-state index is 11.8. The highest BCUT2D eigenvalue weighted by Crippen LogP contribution is 2.22. The molecule has 0 aliphatic rings. The molecule has 0 spiro atoms. The van der Waals surface area contributed by atoms with Crippen molar-refractivity contribution in [1.82, 2.24) is 4.57 Å². The van der Waals surface area contributed by atoms with Gasteiger partial charge in [-0.3, -0.25) is 0 Å². The summed E-state index contributed by atoms with van der Waals surface area (Å²) in [7, 11) is 1.88. The number of unbranched alkanes of at least 4 members (excludes halogenated alkanes) is 1. The van der Waals surface area contributed by atoms with Gasteiger partial charge in [0.15, 0.2) is 0 Å². The Labute approximate surface area is 81.0 Å². The number of nitrogens with zero attached hydrogens (tertiary/aromatic N) is 2. The van der Waals surface area contributed by atoms with Crippen molar-refractivity contribution in [2.45, 2.75) is 32.0 Å². The van der Waals surface area contributed by atoms with Gasteiger partial charge in [-0.2, -0.15) is 13.2 Å². The minimum Gasteiger partial charge on any atom is -0.240 e. The SMILES string of the molecule is C[n+]1ccn(CCCCC(F)(F)F)c1. The molecular weight excluding hydrogens is 193 g/mol. The van der Waals surface area contributed by atoms with Crippen LogP contribution in [0.2, 0.25) is 0 Å². The van der Waals surface area contributed by atoms with Crippen molar-refractivity contribution in [2.24, 2.45) is 7.05 Å². The lowest BCUT2D eigenvalue weighted by Crippen LogP contribution is -2.23. The minimum absolute atomic E-state index is 0.200. The molecule has 1 aromatic rings. The van der Waals surface area contributed by atoms with E-state index in [9.17, 15) is 13.2 Å². The Morgan fingerprint density at radius 3 is 2.50 bits per heavy atom. The molecule has 0 aliphatic heterocycles. The average molecular weight is 207 g/mol. The van der Waals surface area contributed by atoms with E-state index in [2.05, 4.69) is 0 Å². The highest BCUT2D eigenvalue weighted by molar-refractivity contribution is 4.65. The lowest BCUT2D eigenvalue weighted by molar-refractivity contribution is -0.671. The molecule has 1 heterocycles. The first-order chi connectivity index (χ1) is 6.47. The molecule has 0 fully saturated rings. The van der Waals surface area contributed by atoms with Crippen LogP contribution < -0.4 is 4.57 Å². The molecule has 80 valence electrons. The Bertz CT molecular complexity index is 278. The van der Waals surface area contributed by atoms with Crippen molar-refractivity contribution in [3.05, 3.63) is 18.7 Å². The van der Waals surface area contributed by atoms with E-state index < -0.39 is 12.6 Å². The van der Waals surface area contributed by atoms with Crippen molar-refractivity contribution >= 4 is 0 Å². The first-order valence-electron chi connectivity index (χ1n) is 4.55. The van der Waals surface area contributed by atoms with Gasteiger partial charge < -0.3 is 0 Å². The molecule has 1 aromatic heterocycles. The van der Waals surface area contributed by atoms with Crippen LogP contribution >= 0.6 is 0 Å². The Hall–Kier alpha value is -1.00. The lowest BCUT2D eigenvalue weighted by Gasteiger charge is -2.04. The molecule has 5 heteroatoms. The van der Waals surface area contributed by atoms with Gasteiger partial charge in [0.1, 0.15) is 12.4 Å². The van der Waals surface area contributed by atoms with Crippen LogP contribution in [0.5, 0.6) is 0 Å². The first kappa shape index (κ1) is 11.1. The fraction of sp³-hybridized carbons (Fsp3) is 0.667. The van der Waals surface area contributed by atoms with Crippen LogP contribution in [0.15, 0.2) is 18.7 Å². The molecule has 0 atom stereocenters. The zero-order chi connectivity index (χ0) is 10.6. The number of aromatic nitrogens is 2. The zero-order valence-corrected chi connectivity index (χ0v) is 8.09. The summed E-state index contributed by atoms with van der Waals surface area (Å²) in [6.45, 7) is 0.650. The number of alkyl halides is 3. The van der Waals surface area contributed by atoms with Crippen molar-refractivity contribution < 1.29 is 17.7 Å². The van der Waals surface area contributed by atoms with Crippen LogP contribution in [0.25, 0.3) is 0 Å². The van der Waals surface area contributed by atoms with Crippen molar-refractivity contribution in [2.75, 3.05) is 0 Å². The van der Waals surface area contributed by atoms with Crippen molar-refractivity contribution in [1.29, 1.82) is 0 Å². The number of hydrogen-bond acceptors (Lipinski definition) is 0. The van der Waals surface area contributed by atoms with E-state index in [1.165, 1.54) is 0 Å². The van der Waals surface area contributed by atoms with Crippen molar-refractivity contribution in [3.63, 3.8) is 0 Å². The molecule has 2 nitrogen and oxygen atoms in total. The van der Waals surface area contributed by atoms with Crippen LogP contribution in [0.3, 0.4) is 0 Å². The summed E-state index contributed by atoms with van der Waals surface area (Å²) in [5.41, 5.74) is 0. The molecule has 0 radical (unpaired) electrons. The monoisotopic (exact) mass is 207 g/mol. The standard InChI is InChI=1S/C9H14F3N2/c1-13-6-7-14(8-13)5-3-2-4-9(10,11)12/h6-8H,2-5H2,1H3/q+1. The summed E-state index contributed by atoms with van der Waals surface area (Å²) in [4.78, 5) is 0. The molecule has 0 N–H and O–H groups in total. The molecule has 1 rings (SSSR count). The first-order valence-corrected chi connectivity index (χ1v) is 4.55. The topological polar surface area (TPSA) is 8.81 Å². The summed E-state index contributed by atoms with van der Waals surface area (Å²) in [5.74, 6) is 0. The minimum atomic E-state index is -4.01. The highest BCUT2D eigenvalue weighted by Gasteiger charge is 2.25. The van der Waals surface area contributed by atoms with E-state index >= 15 is 0 Å². The highest BCUT2D eigenvalue weighted by atomic mass is 19.4. The van der Waals surface area contributed by atoms with E-state index in [0.29, 0.717) is 13.0 Å². The van der Waals surface area contributed by atoms with E-state index in [1.807, 2.05) is 34.9 Å². The maximum Gasteiger partial charge on any atom is 0.389 e. The van der Waals surface area contributed by atoms with E-state index in [-0.39, 0.29) is 6.42 Å². The Morgan fingerprint density at radius 2 is 2.00 bits per heavy atom. The normalized spacial score (nSPS) is 12.0. The third-order valence-corrected chi connectivity index (χ3v) is 1.95. The van der Waals surface area contributed by atoms with E-state index in [4.69, 9.17) is 0 Å². The second-order valence-corrected chi connectivity index (χ2v) is 3.39. The molecule has 0 unspecified atom stereocenters. The summed E-state index contributed by atoms with van der Waals surface area (Å²) in [6, 6.07) is 0. The number of rotatable bonds is 4. The van der Waals surface area contributed by atoms with Crippen LogP contribution in [-0.2, 0) is 13.6 Å². The lowest BCUT2D eigenvalue weighted by atomic mass is 10.2. The second kappa shape index (κ2) is 4.48. The quantitative estimate of drug-likeness (QED) is 0.527. The molecule has 0 bridgehead atoms. The number of hydrogen-bond donors (Lipinski definition) is 0. The third-order valence-electron chi connectivity index (χ3n) is 1.95. The molecule has 0 amide bonds. The number of halogens is 3. The largest absolute Gasteiger partial charge is 0.389 e. The fourth-order valence-electron chi connectivity index (χ4n) is 1.25. The van der Waals surface area contributed by atoms with Crippen LogP contribution in [0, 0.1) is 0 Å². The van der Waals surface area contributed by atoms with Gasteiger partial charge in [-0.05, 0) is 12.8 Å². The predicted molar refractivity (Wildman–Crippen MR) is 45.5 cm³/mol. The second-order valence-electron chi connectivity index (χ2n) is 3.39. The number of imidazole rings is 1. The Balaban J connectivity index is 2.16. The molecule has 0 aromatic carbocycles. The average Bonchev–Trinajstić information content (AvgIpc) is 2.44. The summed E-state index contributed by atoms with van der Waals surface area (Å²) in [5, 5.41) is 0. The Morgan fingerprint density at radius 1 is 1.29 bits per heavy atom. The van der Waals surface area contributed by atoms with Gasteiger partial charge in [0, 0.05) is 6.42 Å². The summed E-state index contributed by atoms with van der Waals surface area (Å²) >= 11 is 0. The van der Waals surface area contributed by atoms with Gasteiger partial charge in [-0.1, -0.05) is 0 Å². The van der Waals surface area contributed by atoms with Crippen LogP contribution in [0.1, 0.15) is 19.3 Å². The fourth-order valence-corrected chi connectivity index (χ4v) is 1.25. The zero-order valence-electron chi connectivity index (χ0n) is 8.09. The maximum atomic E-state index is 11.8. The summed E-state index contributed by atoms with van der Waals surface area (Å²) < 4.78 is 39.1. The van der Waals surface area contributed by atoms with Gasteiger partial charge in [0.05, 0.1) is 13.6 Å². The van der Waals surface area contributed by atoms with E-state index in [1.54, 1.807) is 0 Å². The van der Waals surface area contributed by atoms with Crippen molar-refractivity contribution in [3.8, 4) is 0 Å². The molecular formula is C9H14F3N2+. The molecule has 14 heavy (non-hydrogen) atoms. The van der Waals surface area contributed by atoms with Gasteiger partial charge >= 0.3 is 6.18 Å². The van der Waals surface area contributed by atoms with E-state index in [0.717, 1.165) is 0 Å². The van der Waals surface area contributed by atoms with Crippen LogP contribution in [0.4, 0.5) is 13.2 Å². The van der Waals surface area contributed by atoms with Crippen LogP contribution in [-0.4, -0.2) is 10.7 Å². The van der Waals surface area contributed by atoms with Gasteiger partial charge in [-0.15, -0.1) is 0 Å². The van der Waals surface area contributed by atoms with Gasteiger partial charge in [0.2, 0.25) is 6.33 Å².